The van der Waals surface area contributed by atoms with Gasteiger partial charge in [0, 0.05) is 38.1 Å². The highest BCUT2D eigenvalue weighted by molar-refractivity contribution is 5.64. The molecule has 3 rings (SSSR count). The zero-order chi connectivity index (χ0) is 21.3. The van der Waals surface area contributed by atoms with E-state index in [1.807, 2.05) is 0 Å². The van der Waals surface area contributed by atoms with Crippen LogP contribution in [0.2, 0.25) is 0 Å². The molecule has 0 fully saturated rings. The molecule has 1 unspecified atom stereocenters. The largest absolute Gasteiger partial charge is 0.378 e. The molecule has 0 aromatic heterocycles. The molecule has 0 saturated heterocycles. The highest BCUT2D eigenvalue weighted by Crippen LogP contribution is 2.42. The molecule has 0 heterocycles. The monoisotopic (exact) mass is 390 g/mol. The van der Waals surface area contributed by atoms with Crippen LogP contribution in [-0.4, -0.2) is 25.0 Å². The highest BCUT2D eigenvalue weighted by Gasteiger charge is 2.30. The smallest absolute Gasteiger partial charge is 0.0432 e. The van der Waals surface area contributed by atoms with Crippen molar-refractivity contribution in [1.82, 2.24) is 4.90 Å². The first kappa shape index (κ1) is 21.5. The number of benzene rings is 2. The maximum absolute atomic E-state index is 4.51. The fourth-order valence-corrected chi connectivity index (χ4v) is 4.77. The minimum atomic E-state index is 0.392. The summed E-state index contributed by atoms with van der Waals surface area (Å²) in [5.41, 5.74) is 8.36. The molecule has 2 heteroatoms. The van der Waals surface area contributed by atoms with Gasteiger partial charge in [0.1, 0.15) is 0 Å². The number of fused-ring (bicyclic) bond motifs is 1. The van der Waals surface area contributed by atoms with Crippen molar-refractivity contribution < 1.29 is 0 Å². The zero-order valence-electron chi connectivity index (χ0n) is 19.4. The van der Waals surface area contributed by atoms with Gasteiger partial charge in [-0.25, -0.2) is 0 Å². The number of nitrogens with zero attached hydrogens (tertiary/aromatic N) is 2. The molecule has 156 valence electrons. The summed E-state index contributed by atoms with van der Waals surface area (Å²) >= 11 is 0. The molecule has 0 aliphatic heterocycles. The van der Waals surface area contributed by atoms with Gasteiger partial charge < -0.3 is 9.80 Å². The van der Waals surface area contributed by atoms with Crippen molar-refractivity contribution in [3.63, 3.8) is 0 Å². The Labute approximate surface area is 178 Å². The van der Waals surface area contributed by atoms with Crippen molar-refractivity contribution in [2.75, 3.05) is 19.0 Å². The lowest BCUT2D eigenvalue weighted by Crippen LogP contribution is -2.29. The molecule has 0 spiro atoms. The molecular formula is C27H38N2. The van der Waals surface area contributed by atoms with Crippen LogP contribution in [0, 0.1) is 5.41 Å². The second-order valence-corrected chi connectivity index (χ2v) is 10.1. The van der Waals surface area contributed by atoms with Gasteiger partial charge in [-0.1, -0.05) is 51.6 Å². The van der Waals surface area contributed by atoms with Crippen LogP contribution in [0.5, 0.6) is 0 Å². The molecule has 1 aliphatic rings. The van der Waals surface area contributed by atoms with Crippen LogP contribution in [-0.2, 0) is 13.0 Å². The van der Waals surface area contributed by atoms with Crippen LogP contribution < -0.4 is 4.90 Å². The van der Waals surface area contributed by atoms with Gasteiger partial charge in [0.05, 0.1) is 0 Å². The van der Waals surface area contributed by atoms with Crippen LogP contribution in [0.3, 0.4) is 0 Å². The van der Waals surface area contributed by atoms with Crippen LogP contribution >= 0.6 is 0 Å². The van der Waals surface area contributed by atoms with Crippen molar-refractivity contribution in [3.05, 3.63) is 71.3 Å². The van der Waals surface area contributed by atoms with Crippen LogP contribution in [0.25, 0.3) is 5.70 Å². The molecule has 2 aromatic rings. The quantitative estimate of drug-likeness (QED) is 0.541. The Morgan fingerprint density at radius 2 is 1.76 bits per heavy atom. The lowest BCUT2D eigenvalue weighted by atomic mass is 9.69. The highest BCUT2D eigenvalue weighted by atomic mass is 15.2. The molecule has 0 saturated carbocycles. The number of hydrogen-bond donors (Lipinski definition) is 0. The Morgan fingerprint density at radius 1 is 1.10 bits per heavy atom. The first-order valence-corrected chi connectivity index (χ1v) is 10.9. The average Bonchev–Trinajstić information content (AvgIpc) is 2.64. The number of anilines is 1. The minimum absolute atomic E-state index is 0.392. The molecule has 0 N–H and O–H groups in total. The van der Waals surface area contributed by atoms with Crippen molar-refractivity contribution in [2.45, 2.75) is 66.0 Å². The lowest BCUT2D eigenvalue weighted by molar-refractivity contribution is 0.288. The topological polar surface area (TPSA) is 6.48 Å². The van der Waals surface area contributed by atoms with Gasteiger partial charge in [0.2, 0.25) is 0 Å². The van der Waals surface area contributed by atoms with E-state index in [1.165, 1.54) is 40.8 Å². The molecular weight excluding hydrogens is 352 g/mol. The molecule has 1 atom stereocenters. The normalized spacial score (nSPS) is 17.7. The Kier molecular flexibility index (Phi) is 6.12. The Balaban J connectivity index is 1.83. The predicted molar refractivity (Wildman–Crippen MR) is 127 cm³/mol. The SMILES string of the molecule is C=C(c1ccc2c(c1)C(C)CC(C)(C)C2)N(Cc1ccc(N(C)C)cc1)C(C)C. The summed E-state index contributed by atoms with van der Waals surface area (Å²) in [6.07, 6.45) is 2.42. The molecule has 0 amide bonds. The first-order chi connectivity index (χ1) is 13.6. The van der Waals surface area contributed by atoms with E-state index in [4.69, 9.17) is 0 Å². The van der Waals surface area contributed by atoms with Gasteiger partial charge in [-0.05, 0) is 78.5 Å². The van der Waals surface area contributed by atoms with Crippen molar-refractivity contribution in [3.8, 4) is 0 Å². The Hall–Kier alpha value is -2.22. The Morgan fingerprint density at radius 3 is 2.34 bits per heavy atom. The average molecular weight is 391 g/mol. The number of rotatable bonds is 6. The van der Waals surface area contributed by atoms with Crippen molar-refractivity contribution in [2.24, 2.45) is 5.41 Å². The van der Waals surface area contributed by atoms with Gasteiger partial charge >= 0.3 is 0 Å². The minimum Gasteiger partial charge on any atom is -0.378 e. The van der Waals surface area contributed by atoms with Crippen LogP contribution in [0.15, 0.2) is 49.0 Å². The second-order valence-electron chi connectivity index (χ2n) is 10.1. The summed E-state index contributed by atoms with van der Waals surface area (Å²) in [4.78, 5) is 4.56. The van der Waals surface area contributed by atoms with Gasteiger partial charge in [-0.3, -0.25) is 0 Å². The summed E-state index contributed by atoms with van der Waals surface area (Å²) in [7, 11) is 4.16. The van der Waals surface area contributed by atoms with E-state index in [2.05, 4.69) is 108 Å². The third-order valence-electron chi connectivity index (χ3n) is 6.31. The summed E-state index contributed by atoms with van der Waals surface area (Å²) in [6.45, 7) is 17.0. The van der Waals surface area contributed by atoms with E-state index in [9.17, 15) is 0 Å². The van der Waals surface area contributed by atoms with E-state index < -0.39 is 0 Å². The third kappa shape index (κ3) is 4.86. The first-order valence-electron chi connectivity index (χ1n) is 10.9. The fourth-order valence-electron chi connectivity index (χ4n) is 4.77. The summed E-state index contributed by atoms with van der Waals surface area (Å²) in [6, 6.07) is 16.3. The molecule has 0 bridgehead atoms. The van der Waals surface area contributed by atoms with Crippen LogP contribution in [0.4, 0.5) is 5.69 Å². The van der Waals surface area contributed by atoms with E-state index >= 15 is 0 Å². The van der Waals surface area contributed by atoms with E-state index in [0.717, 1.165) is 12.2 Å². The van der Waals surface area contributed by atoms with Gasteiger partial charge in [-0.2, -0.15) is 0 Å². The molecule has 1 aliphatic carbocycles. The van der Waals surface area contributed by atoms with E-state index in [0.29, 0.717) is 17.4 Å². The zero-order valence-corrected chi connectivity index (χ0v) is 19.4. The maximum Gasteiger partial charge on any atom is 0.0432 e. The van der Waals surface area contributed by atoms with Crippen LogP contribution in [0.1, 0.15) is 69.2 Å². The Bertz CT molecular complexity index is 859. The van der Waals surface area contributed by atoms with Crippen molar-refractivity contribution >= 4 is 11.4 Å². The summed E-state index contributed by atoms with van der Waals surface area (Å²) in [5.74, 6) is 0.604. The van der Waals surface area contributed by atoms with Gasteiger partial charge in [0.15, 0.2) is 0 Å². The van der Waals surface area contributed by atoms with Gasteiger partial charge in [0.25, 0.3) is 0 Å². The number of hydrogen-bond acceptors (Lipinski definition) is 2. The van der Waals surface area contributed by atoms with Crippen molar-refractivity contribution in [1.29, 1.82) is 0 Å². The third-order valence-corrected chi connectivity index (χ3v) is 6.31. The fraction of sp³-hybridized carbons (Fsp3) is 0.481. The maximum atomic E-state index is 4.51. The molecule has 2 aromatic carbocycles. The molecule has 2 nitrogen and oxygen atoms in total. The lowest BCUT2D eigenvalue weighted by Gasteiger charge is -2.37. The second kappa shape index (κ2) is 8.26. The molecule has 0 radical (unpaired) electrons. The summed E-state index contributed by atoms with van der Waals surface area (Å²) < 4.78 is 0. The molecule has 29 heavy (non-hydrogen) atoms. The standard InChI is InChI=1S/C27H38N2/c1-19(2)29(18-22-9-13-25(14-10-22)28(7)8)21(4)23-11-12-24-17-27(5,6)16-20(3)26(24)15-23/h9-15,19-20H,4,16-18H2,1-3,5-8H3. The van der Waals surface area contributed by atoms with E-state index in [-0.39, 0.29) is 0 Å². The predicted octanol–water partition coefficient (Wildman–Crippen LogP) is 6.71. The van der Waals surface area contributed by atoms with Gasteiger partial charge in [-0.15, -0.1) is 0 Å². The van der Waals surface area contributed by atoms with E-state index in [1.54, 1.807) is 0 Å². The summed E-state index contributed by atoms with van der Waals surface area (Å²) in [5, 5.41) is 0.